The SMILES string of the molecule is N#Cc1ccc(N2CCc3c(N)cccc3C2)cn1. The molecule has 3 rings (SSSR count). The average molecular weight is 250 g/mol. The summed E-state index contributed by atoms with van der Waals surface area (Å²) in [6, 6.07) is 11.8. The number of hydrogen-bond donors (Lipinski definition) is 1. The molecule has 1 aliphatic heterocycles. The molecule has 2 N–H and O–H groups in total. The Morgan fingerprint density at radius 3 is 2.89 bits per heavy atom. The molecule has 94 valence electrons. The van der Waals surface area contributed by atoms with Crippen molar-refractivity contribution in [3.8, 4) is 6.07 Å². The van der Waals surface area contributed by atoms with Gasteiger partial charge in [0, 0.05) is 18.8 Å². The molecule has 0 atom stereocenters. The molecule has 4 heteroatoms. The zero-order valence-corrected chi connectivity index (χ0v) is 10.5. The van der Waals surface area contributed by atoms with Gasteiger partial charge in [-0.15, -0.1) is 0 Å². The van der Waals surface area contributed by atoms with Crippen LogP contribution in [0.15, 0.2) is 36.5 Å². The number of nitrogens with two attached hydrogens (primary N) is 1. The summed E-state index contributed by atoms with van der Waals surface area (Å²) >= 11 is 0. The van der Waals surface area contributed by atoms with Gasteiger partial charge in [-0.1, -0.05) is 12.1 Å². The predicted molar refractivity (Wildman–Crippen MR) is 74.6 cm³/mol. The molecule has 1 aromatic carbocycles. The van der Waals surface area contributed by atoms with E-state index in [1.54, 1.807) is 12.3 Å². The summed E-state index contributed by atoms with van der Waals surface area (Å²) in [4.78, 5) is 6.38. The number of rotatable bonds is 1. The fourth-order valence-electron chi connectivity index (χ4n) is 2.50. The summed E-state index contributed by atoms with van der Waals surface area (Å²) in [6.07, 6.45) is 2.71. The first-order chi connectivity index (χ1) is 9.28. The Kier molecular flexibility index (Phi) is 2.81. The van der Waals surface area contributed by atoms with Crippen LogP contribution in [-0.2, 0) is 13.0 Å². The van der Waals surface area contributed by atoms with Crippen LogP contribution in [0.4, 0.5) is 11.4 Å². The highest BCUT2D eigenvalue weighted by molar-refractivity contribution is 5.56. The van der Waals surface area contributed by atoms with Gasteiger partial charge in [0.2, 0.25) is 0 Å². The van der Waals surface area contributed by atoms with Gasteiger partial charge in [0.05, 0.1) is 11.9 Å². The van der Waals surface area contributed by atoms with Crippen LogP contribution >= 0.6 is 0 Å². The Bertz CT molecular complexity index is 640. The number of pyridine rings is 1. The Morgan fingerprint density at radius 1 is 1.26 bits per heavy atom. The first kappa shape index (κ1) is 11.5. The molecule has 0 spiro atoms. The second-order valence-electron chi connectivity index (χ2n) is 4.67. The van der Waals surface area contributed by atoms with Gasteiger partial charge >= 0.3 is 0 Å². The van der Waals surface area contributed by atoms with Crippen LogP contribution in [0, 0.1) is 11.3 Å². The molecule has 0 radical (unpaired) electrons. The molecule has 2 heterocycles. The topological polar surface area (TPSA) is 65.9 Å². The van der Waals surface area contributed by atoms with Crippen molar-refractivity contribution >= 4 is 11.4 Å². The molecule has 0 amide bonds. The summed E-state index contributed by atoms with van der Waals surface area (Å²) in [5.41, 5.74) is 10.9. The zero-order valence-electron chi connectivity index (χ0n) is 10.5. The Morgan fingerprint density at radius 2 is 2.16 bits per heavy atom. The van der Waals surface area contributed by atoms with Crippen molar-refractivity contribution in [3.63, 3.8) is 0 Å². The summed E-state index contributed by atoms with van der Waals surface area (Å²) in [7, 11) is 0. The van der Waals surface area contributed by atoms with Gasteiger partial charge in [-0.05, 0) is 35.7 Å². The minimum atomic E-state index is 0.449. The van der Waals surface area contributed by atoms with Crippen molar-refractivity contribution in [2.24, 2.45) is 0 Å². The molecule has 0 unspecified atom stereocenters. The van der Waals surface area contributed by atoms with E-state index in [4.69, 9.17) is 11.0 Å². The summed E-state index contributed by atoms with van der Waals surface area (Å²) in [5, 5.41) is 8.76. The molecule has 0 saturated heterocycles. The van der Waals surface area contributed by atoms with Gasteiger partial charge in [0.25, 0.3) is 0 Å². The summed E-state index contributed by atoms with van der Waals surface area (Å²) in [5.74, 6) is 0. The van der Waals surface area contributed by atoms with Gasteiger partial charge in [-0.3, -0.25) is 0 Å². The van der Waals surface area contributed by atoms with Crippen molar-refractivity contribution in [1.29, 1.82) is 5.26 Å². The molecule has 0 fully saturated rings. The number of anilines is 2. The average Bonchev–Trinajstić information content (AvgIpc) is 2.47. The van der Waals surface area contributed by atoms with Crippen LogP contribution in [0.2, 0.25) is 0 Å². The third-order valence-corrected chi connectivity index (χ3v) is 3.53. The van der Waals surface area contributed by atoms with E-state index < -0.39 is 0 Å². The second kappa shape index (κ2) is 4.62. The predicted octanol–water partition coefficient (Wildman–Crippen LogP) is 2.10. The molecule has 1 aromatic heterocycles. The molecule has 4 nitrogen and oxygen atoms in total. The van der Waals surface area contributed by atoms with E-state index in [1.807, 2.05) is 24.3 Å². The van der Waals surface area contributed by atoms with Crippen LogP contribution in [0.5, 0.6) is 0 Å². The first-order valence-electron chi connectivity index (χ1n) is 6.25. The van der Waals surface area contributed by atoms with Crippen molar-refractivity contribution in [2.75, 3.05) is 17.2 Å². The number of nitrogens with zero attached hydrogens (tertiary/aromatic N) is 3. The Hall–Kier alpha value is -2.54. The van der Waals surface area contributed by atoms with Gasteiger partial charge in [-0.25, -0.2) is 4.98 Å². The zero-order chi connectivity index (χ0) is 13.2. The van der Waals surface area contributed by atoms with Crippen LogP contribution in [0.25, 0.3) is 0 Å². The number of nitriles is 1. The number of fused-ring (bicyclic) bond motifs is 1. The third kappa shape index (κ3) is 2.11. The van der Waals surface area contributed by atoms with E-state index in [9.17, 15) is 0 Å². The highest BCUT2D eigenvalue weighted by Gasteiger charge is 2.18. The summed E-state index contributed by atoms with van der Waals surface area (Å²) in [6.45, 7) is 1.77. The van der Waals surface area contributed by atoms with E-state index in [0.717, 1.165) is 30.9 Å². The molecular weight excluding hydrogens is 236 g/mol. The van der Waals surface area contributed by atoms with Crippen molar-refractivity contribution in [2.45, 2.75) is 13.0 Å². The number of nitrogen functional groups attached to an aromatic ring is 1. The maximum atomic E-state index is 8.76. The van der Waals surface area contributed by atoms with E-state index >= 15 is 0 Å². The quantitative estimate of drug-likeness (QED) is 0.787. The maximum absolute atomic E-state index is 8.76. The number of aromatic nitrogens is 1. The maximum Gasteiger partial charge on any atom is 0.140 e. The fourth-order valence-corrected chi connectivity index (χ4v) is 2.50. The fraction of sp³-hybridized carbons (Fsp3) is 0.200. The molecule has 0 aliphatic carbocycles. The monoisotopic (exact) mass is 250 g/mol. The lowest BCUT2D eigenvalue weighted by Crippen LogP contribution is -2.30. The van der Waals surface area contributed by atoms with Crippen LogP contribution in [-0.4, -0.2) is 11.5 Å². The lowest BCUT2D eigenvalue weighted by Gasteiger charge is -2.31. The van der Waals surface area contributed by atoms with Crippen molar-refractivity contribution in [1.82, 2.24) is 4.98 Å². The van der Waals surface area contributed by atoms with Crippen molar-refractivity contribution < 1.29 is 0 Å². The first-order valence-corrected chi connectivity index (χ1v) is 6.25. The summed E-state index contributed by atoms with van der Waals surface area (Å²) < 4.78 is 0. The molecule has 0 bridgehead atoms. The van der Waals surface area contributed by atoms with Crippen LogP contribution in [0.1, 0.15) is 16.8 Å². The molecular formula is C15H14N4. The van der Waals surface area contributed by atoms with E-state index in [2.05, 4.69) is 16.0 Å². The van der Waals surface area contributed by atoms with Gasteiger partial charge in [0.15, 0.2) is 0 Å². The van der Waals surface area contributed by atoms with E-state index in [1.165, 1.54) is 11.1 Å². The van der Waals surface area contributed by atoms with E-state index in [-0.39, 0.29) is 0 Å². The normalized spacial score (nSPS) is 13.7. The highest BCUT2D eigenvalue weighted by Crippen LogP contribution is 2.27. The molecule has 0 saturated carbocycles. The molecule has 1 aliphatic rings. The Labute approximate surface area is 112 Å². The Balaban J connectivity index is 1.87. The lowest BCUT2D eigenvalue weighted by molar-refractivity contribution is 0.731. The minimum absolute atomic E-state index is 0.449. The smallest absolute Gasteiger partial charge is 0.140 e. The second-order valence-corrected chi connectivity index (χ2v) is 4.67. The van der Waals surface area contributed by atoms with Crippen molar-refractivity contribution in [3.05, 3.63) is 53.3 Å². The lowest BCUT2D eigenvalue weighted by atomic mass is 9.98. The number of benzene rings is 1. The van der Waals surface area contributed by atoms with Crippen LogP contribution in [0.3, 0.4) is 0 Å². The van der Waals surface area contributed by atoms with Gasteiger partial charge in [-0.2, -0.15) is 5.26 Å². The highest BCUT2D eigenvalue weighted by atomic mass is 15.1. The standard InChI is InChI=1S/C15H14N4/c16-8-12-4-5-13(9-18-12)19-7-6-14-11(10-19)2-1-3-15(14)17/h1-5,9H,6-7,10,17H2. The minimum Gasteiger partial charge on any atom is -0.398 e. The molecule has 19 heavy (non-hydrogen) atoms. The van der Waals surface area contributed by atoms with Gasteiger partial charge < -0.3 is 10.6 Å². The van der Waals surface area contributed by atoms with Crippen LogP contribution < -0.4 is 10.6 Å². The van der Waals surface area contributed by atoms with Gasteiger partial charge in [0.1, 0.15) is 11.8 Å². The molecule has 2 aromatic rings. The largest absolute Gasteiger partial charge is 0.398 e. The number of hydrogen-bond acceptors (Lipinski definition) is 4. The third-order valence-electron chi connectivity index (χ3n) is 3.53. The van der Waals surface area contributed by atoms with E-state index in [0.29, 0.717) is 5.69 Å².